The van der Waals surface area contributed by atoms with Gasteiger partial charge in [0.1, 0.15) is 10.6 Å². The Bertz CT molecular complexity index is 978. The van der Waals surface area contributed by atoms with Crippen molar-refractivity contribution in [2.45, 2.75) is 65.3 Å². The molecule has 1 aliphatic rings. The van der Waals surface area contributed by atoms with Crippen LogP contribution in [0.25, 0.3) is 21.3 Å². The van der Waals surface area contributed by atoms with E-state index in [9.17, 15) is 0 Å². The molecule has 3 nitrogen and oxygen atoms in total. The highest BCUT2D eigenvalue weighted by Crippen LogP contribution is 2.44. The van der Waals surface area contributed by atoms with Crippen LogP contribution >= 0.6 is 22.9 Å². The first-order valence-corrected chi connectivity index (χ1v) is 11.5. The SMILES string of the molecule is CCc1sc2nc(Cl)nc(N3CCCCC3C)c2c1-c1ccc(C(C)C)cc1. The van der Waals surface area contributed by atoms with E-state index in [-0.39, 0.29) is 0 Å². The fourth-order valence-electron chi connectivity index (χ4n) is 4.21. The quantitative estimate of drug-likeness (QED) is 0.428. The number of hydrogen-bond acceptors (Lipinski definition) is 4. The summed E-state index contributed by atoms with van der Waals surface area (Å²) < 4.78 is 0. The average Bonchev–Trinajstić information content (AvgIpc) is 3.06. The first kappa shape index (κ1) is 19.7. The Kier molecular flexibility index (Phi) is 5.62. The summed E-state index contributed by atoms with van der Waals surface area (Å²) in [6.07, 6.45) is 4.67. The van der Waals surface area contributed by atoms with Crippen LogP contribution in [0.15, 0.2) is 24.3 Å². The molecule has 1 aromatic carbocycles. The van der Waals surface area contributed by atoms with Crippen molar-refractivity contribution in [3.63, 3.8) is 0 Å². The second-order valence-electron chi connectivity index (χ2n) is 8.07. The number of hydrogen-bond donors (Lipinski definition) is 0. The number of fused-ring (bicyclic) bond motifs is 1. The highest BCUT2D eigenvalue weighted by atomic mass is 35.5. The average molecular weight is 414 g/mol. The molecular weight excluding hydrogens is 386 g/mol. The number of anilines is 1. The van der Waals surface area contributed by atoms with E-state index in [1.807, 2.05) is 0 Å². The van der Waals surface area contributed by atoms with Gasteiger partial charge in [0.2, 0.25) is 5.28 Å². The van der Waals surface area contributed by atoms with Crippen molar-refractivity contribution < 1.29 is 0 Å². The molecule has 0 saturated carbocycles. The Morgan fingerprint density at radius 1 is 1.18 bits per heavy atom. The minimum Gasteiger partial charge on any atom is -0.353 e. The number of nitrogens with zero attached hydrogens (tertiary/aromatic N) is 3. The van der Waals surface area contributed by atoms with E-state index in [0.29, 0.717) is 17.2 Å². The zero-order chi connectivity index (χ0) is 19.8. The highest BCUT2D eigenvalue weighted by molar-refractivity contribution is 7.19. The number of rotatable bonds is 4. The molecule has 1 atom stereocenters. The van der Waals surface area contributed by atoms with Crippen molar-refractivity contribution in [2.75, 3.05) is 11.4 Å². The largest absolute Gasteiger partial charge is 0.353 e. The molecule has 4 rings (SSSR count). The van der Waals surface area contributed by atoms with Crippen molar-refractivity contribution in [2.24, 2.45) is 0 Å². The molecule has 5 heteroatoms. The molecule has 1 aliphatic heterocycles. The maximum atomic E-state index is 6.35. The van der Waals surface area contributed by atoms with Crippen LogP contribution in [0.2, 0.25) is 5.28 Å². The molecule has 0 bridgehead atoms. The zero-order valence-electron chi connectivity index (χ0n) is 17.1. The molecule has 0 spiro atoms. The van der Waals surface area contributed by atoms with Gasteiger partial charge in [0.25, 0.3) is 0 Å². The Balaban J connectivity index is 1.94. The van der Waals surface area contributed by atoms with Crippen LogP contribution in [0.3, 0.4) is 0 Å². The molecule has 28 heavy (non-hydrogen) atoms. The predicted molar refractivity (Wildman–Crippen MR) is 122 cm³/mol. The molecule has 1 unspecified atom stereocenters. The fourth-order valence-corrected chi connectivity index (χ4v) is 5.55. The van der Waals surface area contributed by atoms with Gasteiger partial charge in [0.05, 0.1) is 5.39 Å². The van der Waals surface area contributed by atoms with E-state index in [2.05, 4.69) is 61.8 Å². The molecule has 3 heterocycles. The number of thiophene rings is 1. The predicted octanol–water partition coefficient (Wildman–Crippen LogP) is 7.08. The van der Waals surface area contributed by atoms with E-state index < -0.39 is 0 Å². The summed E-state index contributed by atoms with van der Waals surface area (Å²) in [7, 11) is 0. The number of piperidine rings is 1. The molecular formula is C23H28ClN3S. The standard InChI is InChI=1S/C23H28ClN3S/c1-5-18-19(17-11-9-16(10-12-17)14(2)3)20-21(25-23(24)26-22(20)28-18)27-13-7-6-8-15(27)4/h9-12,14-15H,5-8,13H2,1-4H3. The molecule has 0 aliphatic carbocycles. The van der Waals surface area contributed by atoms with Crippen LogP contribution < -0.4 is 4.90 Å². The molecule has 148 valence electrons. The minimum absolute atomic E-state index is 0.353. The van der Waals surface area contributed by atoms with Crippen LogP contribution in [-0.2, 0) is 6.42 Å². The highest BCUT2D eigenvalue weighted by Gasteiger charge is 2.26. The van der Waals surface area contributed by atoms with Crippen molar-refractivity contribution in [3.05, 3.63) is 40.0 Å². The molecule has 1 saturated heterocycles. The Hall–Kier alpha value is -1.65. The summed E-state index contributed by atoms with van der Waals surface area (Å²) in [6, 6.07) is 9.50. The van der Waals surface area contributed by atoms with Gasteiger partial charge >= 0.3 is 0 Å². The Morgan fingerprint density at radius 3 is 2.57 bits per heavy atom. The van der Waals surface area contributed by atoms with Gasteiger partial charge in [-0.1, -0.05) is 45.0 Å². The monoisotopic (exact) mass is 413 g/mol. The molecule has 0 radical (unpaired) electrons. The van der Waals surface area contributed by atoms with Gasteiger partial charge in [-0.05, 0) is 61.3 Å². The van der Waals surface area contributed by atoms with Crippen LogP contribution in [0.1, 0.15) is 63.3 Å². The third kappa shape index (κ3) is 3.53. The zero-order valence-corrected chi connectivity index (χ0v) is 18.7. The first-order chi connectivity index (χ1) is 13.5. The third-order valence-corrected chi connectivity index (χ3v) is 7.24. The normalized spacial score (nSPS) is 17.6. The third-order valence-electron chi connectivity index (χ3n) is 5.84. The summed E-state index contributed by atoms with van der Waals surface area (Å²) in [5, 5.41) is 1.53. The van der Waals surface area contributed by atoms with Crippen molar-refractivity contribution in [3.8, 4) is 11.1 Å². The molecule has 2 aromatic heterocycles. The number of aryl methyl sites for hydroxylation is 1. The summed E-state index contributed by atoms with van der Waals surface area (Å²) in [4.78, 5) is 14.2. The van der Waals surface area contributed by atoms with Gasteiger partial charge in [-0.25, -0.2) is 4.98 Å². The van der Waals surface area contributed by atoms with Gasteiger partial charge in [0, 0.05) is 23.0 Å². The molecule has 0 amide bonds. The van der Waals surface area contributed by atoms with Gasteiger partial charge in [-0.15, -0.1) is 11.3 Å². The lowest BCUT2D eigenvalue weighted by Crippen LogP contribution is -2.38. The minimum atomic E-state index is 0.353. The summed E-state index contributed by atoms with van der Waals surface area (Å²) >= 11 is 8.12. The fraction of sp³-hybridized carbons (Fsp3) is 0.478. The maximum absolute atomic E-state index is 6.35. The number of aromatic nitrogens is 2. The van der Waals surface area contributed by atoms with Gasteiger partial charge < -0.3 is 4.90 Å². The lowest BCUT2D eigenvalue weighted by atomic mass is 9.96. The van der Waals surface area contributed by atoms with E-state index in [1.165, 1.54) is 46.2 Å². The molecule has 3 aromatic rings. The van der Waals surface area contributed by atoms with Crippen LogP contribution in [0, 0.1) is 0 Å². The van der Waals surface area contributed by atoms with Gasteiger partial charge in [0.15, 0.2) is 0 Å². The van der Waals surface area contributed by atoms with Gasteiger partial charge in [-0.3, -0.25) is 0 Å². The van der Waals surface area contributed by atoms with Crippen molar-refractivity contribution >= 4 is 39.0 Å². The lowest BCUT2D eigenvalue weighted by Gasteiger charge is -2.35. The van der Waals surface area contributed by atoms with E-state index >= 15 is 0 Å². The summed E-state index contributed by atoms with van der Waals surface area (Å²) in [6.45, 7) is 10.0. The molecule has 0 N–H and O–H groups in total. The van der Waals surface area contributed by atoms with Crippen molar-refractivity contribution in [1.82, 2.24) is 9.97 Å². The number of halogens is 1. The number of benzene rings is 1. The second-order valence-corrected chi connectivity index (χ2v) is 9.49. The summed E-state index contributed by atoms with van der Waals surface area (Å²) in [5.41, 5.74) is 3.91. The van der Waals surface area contributed by atoms with E-state index in [4.69, 9.17) is 16.6 Å². The first-order valence-electron chi connectivity index (χ1n) is 10.4. The smallest absolute Gasteiger partial charge is 0.225 e. The maximum Gasteiger partial charge on any atom is 0.225 e. The summed E-state index contributed by atoms with van der Waals surface area (Å²) in [5.74, 6) is 1.55. The second kappa shape index (κ2) is 8.00. The van der Waals surface area contributed by atoms with Crippen LogP contribution in [0.5, 0.6) is 0 Å². The Morgan fingerprint density at radius 2 is 1.93 bits per heavy atom. The van der Waals surface area contributed by atoms with E-state index in [0.717, 1.165) is 23.6 Å². The van der Waals surface area contributed by atoms with Gasteiger partial charge in [-0.2, -0.15) is 4.98 Å². The van der Waals surface area contributed by atoms with Crippen LogP contribution in [-0.4, -0.2) is 22.6 Å². The lowest BCUT2D eigenvalue weighted by molar-refractivity contribution is 0.482. The Labute approximate surface area is 176 Å². The van der Waals surface area contributed by atoms with Crippen molar-refractivity contribution in [1.29, 1.82) is 0 Å². The van der Waals surface area contributed by atoms with E-state index in [1.54, 1.807) is 11.3 Å². The van der Waals surface area contributed by atoms with Crippen LogP contribution in [0.4, 0.5) is 5.82 Å². The topological polar surface area (TPSA) is 29.0 Å². The molecule has 1 fully saturated rings.